The van der Waals surface area contributed by atoms with Gasteiger partial charge in [0.2, 0.25) is 0 Å². The molecule has 4 heterocycles. The quantitative estimate of drug-likeness (QED) is 0.0982. The van der Waals surface area contributed by atoms with Crippen LogP contribution < -0.4 is 29.1 Å². The maximum absolute atomic E-state index is 14.2. The third-order valence-corrected chi connectivity index (χ3v) is 21.8. The highest BCUT2D eigenvalue weighted by Crippen LogP contribution is 2.60. The Hall–Kier alpha value is -10.1. The van der Waals surface area contributed by atoms with Crippen LogP contribution >= 0.6 is 0 Å². The highest BCUT2D eigenvalue weighted by atomic mass is 16.6. The molecule has 0 N–H and O–H groups in total. The van der Waals surface area contributed by atoms with Crippen molar-refractivity contribution < 1.29 is 28.5 Å². The number of hydrogen-bond donors (Lipinski definition) is 0. The smallest absolute Gasteiger partial charge is 0.340 e. The lowest BCUT2D eigenvalue weighted by Gasteiger charge is -2.39. The van der Waals surface area contributed by atoms with Crippen LogP contribution in [0.1, 0.15) is 166 Å². The van der Waals surface area contributed by atoms with Gasteiger partial charge in [-0.1, -0.05) is 174 Å². The lowest BCUT2D eigenvalue weighted by atomic mass is 9.77. The average Bonchev–Trinajstić information content (AvgIpc) is 1.64. The first kappa shape index (κ1) is 59.9. The molecule has 10 heteroatoms. The molecule has 0 bridgehead atoms. The molecule has 4 aliphatic heterocycles. The number of aryl methyl sites for hydroxylation is 2. The van der Waals surface area contributed by atoms with Crippen molar-refractivity contribution in [3.05, 3.63) is 296 Å². The summed E-state index contributed by atoms with van der Waals surface area (Å²) in [4.78, 5) is 38.0. The number of esters is 2. The van der Waals surface area contributed by atoms with E-state index < -0.39 is 16.6 Å². The second kappa shape index (κ2) is 23.7. The summed E-state index contributed by atoms with van der Waals surface area (Å²) >= 11 is 0. The number of hydrogen-bond acceptors (Lipinski definition) is 10. The Morgan fingerprint density at radius 2 is 0.747 bits per heavy atom. The summed E-state index contributed by atoms with van der Waals surface area (Å²) in [5.41, 5.74) is 16.0. The van der Waals surface area contributed by atoms with Crippen LogP contribution in [0.5, 0.6) is 23.0 Å². The molecule has 2 aliphatic carbocycles. The van der Waals surface area contributed by atoms with Gasteiger partial charge in [0.05, 0.1) is 11.1 Å². The Morgan fingerprint density at radius 1 is 0.389 bits per heavy atom. The minimum atomic E-state index is -1.24. The second-order valence-electron chi connectivity index (χ2n) is 27.7. The molecule has 0 saturated heterocycles. The van der Waals surface area contributed by atoms with Gasteiger partial charge in [0, 0.05) is 124 Å². The molecule has 476 valence electrons. The minimum Gasteiger partial charge on any atom is -0.456 e. The maximum atomic E-state index is 14.2. The maximum Gasteiger partial charge on any atom is 0.340 e. The number of carbonyl (C=O) groups excluding carboxylic acids is 2. The van der Waals surface area contributed by atoms with E-state index in [4.69, 9.17) is 18.9 Å². The Morgan fingerprint density at radius 3 is 1.15 bits per heavy atom. The number of carbonyl (C=O) groups is 2. The first-order valence-electron chi connectivity index (χ1n) is 34.2. The van der Waals surface area contributed by atoms with Crippen molar-refractivity contribution in [2.45, 2.75) is 134 Å². The molecular weight excluding hydrogens is 1170 g/mol. The van der Waals surface area contributed by atoms with E-state index in [2.05, 4.69) is 231 Å². The van der Waals surface area contributed by atoms with E-state index in [0.29, 0.717) is 59.3 Å². The predicted molar refractivity (Wildman–Crippen MR) is 379 cm³/mol. The predicted octanol–water partition coefficient (Wildman–Crippen LogP) is 20.0. The summed E-state index contributed by atoms with van der Waals surface area (Å²) in [7, 11) is 4.40. The first-order chi connectivity index (χ1) is 46.3. The van der Waals surface area contributed by atoms with Crippen molar-refractivity contribution in [3.63, 3.8) is 0 Å². The summed E-state index contributed by atoms with van der Waals surface area (Å²) in [6.07, 6.45) is 12.2. The minimum absolute atomic E-state index is 0.347. The molecule has 10 aromatic carbocycles. The highest BCUT2D eigenvalue weighted by molar-refractivity contribution is 5.98. The van der Waals surface area contributed by atoms with Crippen molar-refractivity contribution in [3.8, 4) is 23.0 Å². The molecule has 95 heavy (non-hydrogen) atoms. The summed E-state index contributed by atoms with van der Waals surface area (Å²) < 4.78 is 27.7. The Kier molecular flexibility index (Phi) is 15.0. The van der Waals surface area contributed by atoms with Crippen LogP contribution in [0.4, 0.5) is 34.1 Å². The molecular formula is C85H80N4O6. The van der Waals surface area contributed by atoms with Gasteiger partial charge in [-0.15, -0.1) is 0 Å². The average molecular weight is 1250 g/mol. The molecule has 10 nitrogen and oxygen atoms in total. The zero-order valence-corrected chi connectivity index (χ0v) is 55.2. The van der Waals surface area contributed by atoms with E-state index >= 15 is 0 Å². The molecule has 2 saturated carbocycles. The number of nitrogens with zero attached hydrogens (tertiary/aromatic N) is 4. The van der Waals surface area contributed by atoms with Gasteiger partial charge >= 0.3 is 11.9 Å². The molecule has 2 fully saturated rings. The van der Waals surface area contributed by atoms with Crippen LogP contribution in [-0.2, 0) is 39.2 Å². The molecule has 2 spiro atoms. The van der Waals surface area contributed by atoms with Crippen LogP contribution in [0.15, 0.2) is 218 Å². The fraction of sp³-hybridized carbons (Fsp3) is 0.271. The monoisotopic (exact) mass is 1250 g/mol. The Labute approximate surface area is 558 Å². The van der Waals surface area contributed by atoms with E-state index in [9.17, 15) is 9.59 Å². The van der Waals surface area contributed by atoms with Gasteiger partial charge in [0.25, 0.3) is 0 Å². The van der Waals surface area contributed by atoms with Crippen LogP contribution in [0.2, 0.25) is 0 Å². The third-order valence-electron chi connectivity index (χ3n) is 21.8. The van der Waals surface area contributed by atoms with E-state index in [0.717, 1.165) is 89.8 Å². The van der Waals surface area contributed by atoms with Crippen molar-refractivity contribution in [2.75, 3.05) is 33.7 Å². The van der Waals surface area contributed by atoms with Gasteiger partial charge in [0.1, 0.15) is 23.0 Å². The van der Waals surface area contributed by atoms with E-state index in [-0.39, 0.29) is 11.9 Å². The summed E-state index contributed by atoms with van der Waals surface area (Å²) in [6, 6.07) is 77.4. The lowest BCUT2D eigenvalue weighted by Crippen LogP contribution is -2.35. The largest absolute Gasteiger partial charge is 0.456 e. The van der Waals surface area contributed by atoms with Gasteiger partial charge in [-0.25, -0.2) is 9.59 Å². The van der Waals surface area contributed by atoms with Crippen molar-refractivity contribution in [1.29, 1.82) is 0 Å². The van der Waals surface area contributed by atoms with E-state index in [1.54, 1.807) is 0 Å². The summed E-state index contributed by atoms with van der Waals surface area (Å²) in [5, 5.41) is 0. The highest BCUT2D eigenvalue weighted by Gasteiger charge is 2.56. The molecule has 0 aromatic heterocycles. The van der Waals surface area contributed by atoms with Gasteiger partial charge in [-0.05, 0) is 158 Å². The molecule has 0 amide bonds. The van der Waals surface area contributed by atoms with E-state index in [1.165, 1.54) is 75.3 Å². The zero-order chi connectivity index (χ0) is 64.7. The fourth-order valence-corrected chi connectivity index (χ4v) is 16.4. The van der Waals surface area contributed by atoms with Crippen LogP contribution in [0.25, 0.3) is 0 Å². The normalized spacial score (nSPS) is 18.5. The first-order valence-corrected chi connectivity index (χ1v) is 34.2. The standard InChI is InChI=1S/C85H80N4O6/c1-55-47-77-73(84(69-33-21-19-31-67(69)81(90)94-84)71-45-43-65(49-79(71)92-77)86(5)61-27-15-9-16-28-61)51-75(55)88(53-57-23-11-7-12-24-57)63-39-35-59(36-40-63)83(3,4)60-37-41-64(42-38-60)89(54-58-25-13-8-14-26-58)76-52-74-78(48-56(76)2)93-80-50-66(87(6)62-29-17-10-18-30-62)44-46-72(80)85(74)70-34-22-20-32-68(70)82(91)95-85/h7-8,11-14,19-26,31-52,61-62H,9-10,15-18,27-30,53-54H2,1-6H3. The molecule has 16 rings (SSSR count). The Balaban J connectivity index is 0.739. The summed E-state index contributed by atoms with van der Waals surface area (Å²) in [5.74, 6) is 2.05. The number of rotatable bonds is 14. The van der Waals surface area contributed by atoms with E-state index in [1.807, 2.05) is 48.5 Å². The topological polar surface area (TPSA) is 84.0 Å². The molecule has 2 unspecified atom stereocenters. The third kappa shape index (κ3) is 10.1. The number of benzene rings is 10. The van der Waals surface area contributed by atoms with Gasteiger partial charge in [0.15, 0.2) is 11.2 Å². The number of ether oxygens (including phenoxy) is 4. The van der Waals surface area contributed by atoms with Crippen molar-refractivity contribution in [1.82, 2.24) is 0 Å². The van der Waals surface area contributed by atoms with Crippen LogP contribution in [-0.4, -0.2) is 38.1 Å². The van der Waals surface area contributed by atoms with Gasteiger partial charge in [-0.2, -0.15) is 0 Å². The Bertz CT molecular complexity index is 4320. The van der Waals surface area contributed by atoms with Gasteiger partial charge < -0.3 is 38.5 Å². The molecule has 0 radical (unpaired) electrons. The lowest BCUT2D eigenvalue weighted by molar-refractivity contribution is 0.0214. The van der Waals surface area contributed by atoms with Crippen LogP contribution in [0, 0.1) is 13.8 Å². The summed E-state index contributed by atoms with van der Waals surface area (Å²) in [6.45, 7) is 10.1. The van der Waals surface area contributed by atoms with Crippen LogP contribution in [0.3, 0.4) is 0 Å². The number of anilines is 6. The SMILES string of the molecule is Cc1cc2c(cc1N(Cc1ccccc1)c1ccc(C(C)(C)c3ccc(N(Cc4ccccc4)c4cc5c(cc4C)Oc4cc(N(C)C6CCCCC6)ccc4C54OC(=O)c5ccccc54)cc3)cc1)C1(OC(=O)c3ccccc31)c1ccc(N(C)C3CCCCC3)cc1O2. The zero-order valence-electron chi connectivity index (χ0n) is 55.2. The van der Waals surface area contributed by atoms with Crippen molar-refractivity contribution in [2.24, 2.45) is 0 Å². The number of fused-ring (bicyclic) bond motifs is 12. The molecule has 2 atom stereocenters. The van der Waals surface area contributed by atoms with Crippen molar-refractivity contribution >= 4 is 46.1 Å². The second-order valence-corrected chi connectivity index (χ2v) is 27.7. The molecule has 10 aromatic rings. The molecule has 6 aliphatic rings. The fourth-order valence-electron chi connectivity index (χ4n) is 16.4. The van der Waals surface area contributed by atoms with Gasteiger partial charge in [-0.3, -0.25) is 0 Å².